The van der Waals surface area contributed by atoms with Gasteiger partial charge in [0, 0.05) is 24.3 Å². The summed E-state index contributed by atoms with van der Waals surface area (Å²) in [5.41, 5.74) is 0. The molecule has 16 heavy (non-hydrogen) atoms. The van der Waals surface area contributed by atoms with Gasteiger partial charge >= 0.3 is 0 Å². The second-order valence-electron chi connectivity index (χ2n) is 5.29. The van der Waals surface area contributed by atoms with Crippen LogP contribution in [0.1, 0.15) is 51.4 Å². The van der Waals surface area contributed by atoms with Crippen molar-refractivity contribution in [3.8, 4) is 0 Å². The molecule has 1 heterocycles. The van der Waals surface area contributed by atoms with Crippen LogP contribution in [0.4, 0.5) is 0 Å². The monoisotopic (exact) mass is 287 g/mol. The van der Waals surface area contributed by atoms with Crippen molar-refractivity contribution in [3.63, 3.8) is 0 Å². The van der Waals surface area contributed by atoms with Crippen molar-refractivity contribution in [1.82, 2.24) is 4.90 Å². The third kappa shape index (κ3) is 3.47. The van der Waals surface area contributed by atoms with Crippen molar-refractivity contribution in [2.75, 3.05) is 13.1 Å². The van der Waals surface area contributed by atoms with Crippen LogP contribution >= 0.6 is 15.9 Å². The van der Waals surface area contributed by atoms with Gasteiger partial charge in [0.15, 0.2) is 0 Å². The number of amides is 1. The van der Waals surface area contributed by atoms with Gasteiger partial charge in [-0.15, -0.1) is 0 Å². The van der Waals surface area contributed by atoms with Gasteiger partial charge in [0.25, 0.3) is 0 Å². The largest absolute Gasteiger partial charge is 0.342 e. The minimum atomic E-state index is 0.399. The lowest BCUT2D eigenvalue weighted by Crippen LogP contribution is -2.41. The summed E-state index contributed by atoms with van der Waals surface area (Å²) < 4.78 is 0. The van der Waals surface area contributed by atoms with Gasteiger partial charge in [0.05, 0.1) is 0 Å². The maximum absolute atomic E-state index is 12.1. The molecule has 2 rings (SSSR count). The summed E-state index contributed by atoms with van der Waals surface area (Å²) in [6.07, 6.45) is 9.77. The maximum atomic E-state index is 12.1. The Bertz CT molecular complexity index is 238. The quantitative estimate of drug-likeness (QED) is 0.714. The predicted octanol–water partition coefficient (Wildman–Crippen LogP) is 3.34. The van der Waals surface area contributed by atoms with E-state index in [1.165, 1.54) is 38.5 Å². The zero-order chi connectivity index (χ0) is 11.4. The van der Waals surface area contributed by atoms with Crippen LogP contribution < -0.4 is 0 Å². The summed E-state index contributed by atoms with van der Waals surface area (Å²) >= 11 is 3.63. The molecule has 3 heteroatoms. The number of hydrogen-bond acceptors (Lipinski definition) is 1. The highest BCUT2D eigenvalue weighted by Gasteiger charge is 2.24. The molecule has 2 aliphatic rings. The first-order valence-corrected chi connectivity index (χ1v) is 7.59. The first-order chi connectivity index (χ1) is 7.75. The number of carbonyl (C=O) groups excluding carboxylic acids is 1. The average Bonchev–Trinajstić information content (AvgIpc) is 2.30. The highest BCUT2D eigenvalue weighted by atomic mass is 79.9. The first-order valence-electron chi connectivity index (χ1n) is 6.67. The van der Waals surface area contributed by atoms with Gasteiger partial charge in [-0.3, -0.25) is 4.79 Å². The van der Waals surface area contributed by atoms with E-state index < -0.39 is 0 Å². The summed E-state index contributed by atoms with van der Waals surface area (Å²) in [6.45, 7) is 1.90. The van der Waals surface area contributed by atoms with Gasteiger partial charge < -0.3 is 4.90 Å². The van der Waals surface area contributed by atoms with Crippen LogP contribution in [0, 0.1) is 5.92 Å². The van der Waals surface area contributed by atoms with Gasteiger partial charge in [0.1, 0.15) is 0 Å². The number of nitrogens with zero attached hydrogens (tertiary/aromatic N) is 1. The first kappa shape index (κ1) is 12.4. The predicted molar refractivity (Wildman–Crippen MR) is 69.7 cm³/mol. The fourth-order valence-corrected chi connectivity index (χ4v) is 3.59. The fourth-order valence-electron chi connectivity index (χ4n) is 2.92. The summed E-state index contributed by atoms with van der Waals surface area (Å²) in [4.78, 5) is 14.7. The Hall–Kier alpha value is -0.0500. The second kappa shape index (κ2) is 6.04. The molecule has 0 radical (unpaired) electrons. The molecule has 1 unspecified atom stereocenters. The van der Waals surface area contributed by atoms with E-state index in [4.69, 9.17) is 0 Å². The van der Waals surface area contributed by atoms with Crippen molar-refractivity contribution >= 4 is 21.8 Å². The Kier molecular flexibility index (Phi) is 4.68. The topological polar surface area (TPSA) is 20.3 Å². The smallest absolute Gasteiger partial charge is 0.222 e. The lowest BCUT2D eigenvalue weighted by Gasteiger charge is -2.32. The van der Waals surface area contributed by atoms with Crippen LogP contribution in [0.3, 0.4) is 0 Å². The van der Waals surface area contributed by atoms with E-state index in [0.29, 0.717) is 16.7 Å². The third-order valence-corrected chi connectivity index (χ3v) is 4.65. The minimum absolute atomic E-state index is 0.399. The van der Waals surface area contributed by atoms with E-state index in [-0.39, 0.29) is 0 Å². The molecule has 92 valence electrons. The molecule has 1 saturated carbocycles. The van der Waals surface area contributed by atoms with Crippen LogP contribution in [-0.4, -0.2) is 28.7 Å². The molecular formula is C13H22BrNO. The van der Waals surface area contributed by atoms with E-state index in [1.54, 1.807) is 0 Å². The molecule has 2 fully saturated rings. The van der Waals surface area contributed by atoms with Gasteiger partial charge in [-0.25, -0.2) is 0 Å². The Morgan fingerprint density at radius 2 is 1.88 bits per heavy atom. The number of carbonyl (C=O) groups is 1. The van der Waals surface area contributed by atoms with Crippen molar-refractivity contribution < 1.29 is 4.79 Å². The lowest BCUT2D eigenvalue weighted by atomic mass is 9.86. The van der Waals surface area contributed by atoms with Crippen molar-refractivity contribution in [1.29, 1.82) is 0 Å². The number of likely N-dealkylation sites (tertiary alicyclic amines) is 1. The minimum Gasteiger partial charge on any atom is -0.342 e. The van der Waals surface area contributed by atoms with Gasteiger partial charge in [-0.2, -0.15) is 0 Å². The third-order valence-electron chi connectivity index (χ3n) is 3.90. The summed E-state index contributed by atoms with van der Waals surface area (Å²) in [7, 11) is 0. The lowest BCUT2D eigenvalue weighted by molar-refractivity contribution is -0.133. The van der Waals surface area contributed by atoms with Crippen molar-refractivity contribution in [2.45, 2.75) is 56.2 Å². The molecule has 1 amide bonds. The molecule has 0 aromatic carbocycles. The number of piperidine rings is 1. The van der Waals surface area contributed by atoms with Gasteiger partial charge in [0.2, 0.25) is 5.91 Å². The molecule has 0 N–H and O–H groups in total. The number of alkyl halides is 1. The summed E-state index contributed by atoms with van der Waals surface area (Å²) in [6, 6.07) is 0. The number of rotatable bonds is 2. The second-order valence-corrected chi connectivity index (χ2v) is 6.58. The molecule has 2 nitrogen and oxygen atoms in total. The van der Waals surface area contributed by atoms with Crippen LogP contribution in [0.2, 0.25) is 0 Å². The molecule has 0 aromatic rings. The molecule has 0 bridgehead atoms. The fraction of sp³-hybridized carbons (Fsp3) is 0.923. The van der Waals surface area contributed by atoms with Crippen molar-refractivity contribution in [3.05, 3.63) is 0 Å². The molecule has 1 atom stereocenters. The van der Waals surface area contributed by atoms with Crippen LogP contribution in [0.15, 0.2) is 0 Å². The van der Waals surface area contributed by atoms with E-state index >= 15 is 0 Å². The molecule has 1 aliphatic carbocycles. The van der Waals surface area contributed by atoms with Gasteiger partial charge in [-0.05, 0) is 31.6 Å². The zero-order valence-electron chi connectivity index (χ0n) is 9.96. The normalized spacial score (nSPS) is 28.1. The Morgan fingerprint density at radius 1 is 1.12 bits per heavy atom. The summed E-state index contributed by atoms with van der Waals surface area (Å²) in [5, 5.41) is 0. The highest BCUT2D eigenvalue weighted by Crippen LogP contribution is 2.27. The van der Waals surface area contributed by atoms with E-state index in [0.717, 1.165) is 25.9 Å². The maximum Gasteiger partial charge on any atom is 0.222 e. The number of halogens is 1. The molecule has 0 aromatic heterocycles. The Morgan fingerprint density at radius 3 is 2.56 bits per heavy atom. The molecule has 1 aliphatic heterocycles. The zero-order valence-corrected chi connectivity index (χ0v) is 11.5. The Labute approximate surface area is 107 Å². The van der Waals surface area contributed by atoms with Crippen molar-refractivity contribution in [2.24, 2.45) is 5.92 Å². The summed E-state index contributed by atoms with van der Waals surface area (Å²) in [5.74, 6) is 1.08. The number of hydrogen-bond donors (Lipinski definition) is 0. The van der Waals surface area contributed by atoms with E-state index in [1.807, 2.05) is 0 Å². The Balaban J connectivity index is 1.77. The van der Waals surface area contributed by atoms with Crippen LogP contribution in [-0.2, 0) is 4.79 Å². The molecular weight excluding hydrogens is 266 g/mol. The highest BCUT2D eigenvalue weighted by molar-refractivity contribution is 9.09. The standard InChI is InChI=1S/C13H22BrNO/c14-12-7-4-8-15(10-12)13(16)9-11-5-2-1-3-6-11/h11-12H,1-10H2. The van der Waals surface area contributed by atoms with Crippen LogP contribution in [0.25, 0.3) is 0 Å². The average molecular weight is 288 g/mol. The SMILES string of the molecule is O=C(CC1CCCCC1)N1CCCC(Br)C1. The molecule has 0 spiro atoms. The molecule has 1 saturated heterocycles. The van der Waals surface area contributed by atoms with Gasteiger partial charge in [-0.1, -0.05) is 35.2 Å². The van der Waals surface area contributed by atoms with E-state index in [9.17, 15) is 4.79 Å². The van der Waals surface area contributed by atoms with Crippen LogP contribution in [0.5, 0.6) is 0 Å². The van der Waals surface area contributed by atoms with E-state index in [2.05, 4.69) is 20.8 Å².